The molecule has 2 aromatic carbocycles. The number of likely N-dealkylation sites (N-methyl/N-ethyl adjacent to an activating group) is 1. The SMILES string of the molecule is Cc1cc(C)c(NC(=O)CN(C)C(=O)Cn2c(C)cc3ccccc32)c(C)c1. The topological polar surface area (TPSA) is 54.3 Å². The van der Waals surface area contributed by atoms with E-state index in [9.17, 15) is 9.59 Å². The number of amides is 2. The van der Waals surface area contributed by atoms with Gasteiger partial charge in [0.25, 0.3) is 0 Å². The van der Waals surface area contributed by atoms with Gasteiger partial charge in [0.05, 0.1) is 6.54 Å². The summed E-state index contributed by atoms with van der Waals surface area (Å²) in [5, 5.41) is 4.06. The van der Waals surface area contributed by atoms with E-state index >= 15 is 0 Å². The highest BCUT2D eigenvalue weighted by Crippen LogP contribution is 2.22. The van der Waals surface area contributed by atoms with Crippen LogP contribution in [0.2, 0.25) is 0 Å². The lowest BCUT2D eigenvalue weighted by molar-refractivity contribution is -0.133. The molecule has 0 saturated carbocycles. The molecular weight excluding hydrogens is 350 g/mol. The number of fused-ring (bicyclic) bond motifs is 1. The molecule has 5 nitrogen and oxygen atoms in total. The molecule has 0 atom stereocenters. The van der Waals surface area contributed by atoms with Crippen LogP contribution in [-0.2, 0) is 16.1 Å². The van der Waals surface area contributed by atoms with E-state index in [1.54, 1.807) is 7.05 Å². The number of hydrogen-bond donors (Lipinski definition) is 1. The summed E-state index contributed by atoms with van der Waals surface area (Å²) in [6.45, 7) is 8.21. The van der Waals surface area contributed by atoms with E-state index in [0.717, 1.165) is 39.0 Å². The van der Waals surface area contributed by atoms with E-state index in [1.807, 2.05) is 68.7 Å². The Morgan fingerprint density at radius 2 is 1.64 bits per heavy atom. The lowest BCUT2D eigenvalue weighted by atomic mass is 10.1. The molecule has 0 spiro atoms. The molecule has 0 aliphatic heterocycles. The summed E-state index contributed by atoms with van der Waals surface area (Å²) in [5.74, 6) is -0.294. The molecule has 146 valence electrons. The van der Waals surface area contributed by atoms with Gasteiger partial charge in [-0.2, -0.15) is 0 Å². The summed E-state index contributed by atoms with van der Waals surface area (Å²) in [7, 11) is 1.66. The fourth-order valence-corrected chi connectivity index (χ4v) is 3.67. The predicted octanol–water partition coefficient (Wildman–Crippen LogP) is 3.97. The van der Waals surface area contributed by atoms with Crippen LogP contribution in [-0.4, -0.2) is 34.9 Å². The Hall–Kier alpha value is -3.08. The molecule has 28 heavy (non-hydrogen) atoms. The maximum Gasteiger partial charge on any atom is 0.243 e. The number of para-hydroxylation sites is 1. The first-order valence-corrected chi connectivity index (χ1v) is 9.43. The third-order valence-corrected chi connectivity index (χ3v) is 5.06. The quantitative estimate of drug-likeness (QED) is 0.731. The maximum absolute atomic E-state index is 12.7. The minimum Gasteiger partial charge on any atom is -0.335 e. The van der Waals surface area contributed by atoms with Crippen LogP contribution >= 0.6 is 0 Å². The highest BCUT2D eigenvalue weighted by molar-refractivity contribution is 5.96. The molecule has 5 heteroatoms. The van der Waals surface area contributed by atoms with E-state index in [2.05, 4.69) is 11.4 Å². The average molecular weight is 377 g/mol. The fourth-order valence-electron chi connectivity index (χ4n) is 3.67. The second-order valence-corrected chi connectivity index (χ2v) is 7.50. The van der Waals surface area contributed by atoms with Gasteiger partial charge in [-0.1, -0.05) is 35.9 Å². The molecule has 0 radical (unpaired) electrons. The van der Waals surface area contributed by atoms with Crippen molar-refractivity contribution in [1.29, 1.82) is 0 Å². The van der Waals surface area contributed by atoms with Gasteiger partial charge in [-0.15, -0.1) is 0 Å². The third kappa shape index (κ3) is 4.09. The minimum absolute atomic E-state index is 0.0177. The van der Waals surface area contributed by atoms with Crippen LogP contribution in [0.5, 0.6) is 0 Å². The number of aromatic nitrogens is 1. The zero-order valence-electron chi connectivity index (χ0n) is 17.2. The summed E-state index contributed by atoms with van der Waals surface area (Å²) in [4.78, 5) is 26.7. The first kappa shape index (κ1) is 19.7. The largest absolute Gasteiger partial charge is 0.335 e. The molecule has 1 N–H and O–H groups in total. The molecule has 2 amide bonds. The zero-order valence-corrected chi connectivity index (χ0v) is 17.2. The average Bonchev–Trinajstić information content (AvgIpc) is 2.93. The van der Waals surface area contributed by atoms with Crippen LogP contribution in [0.1, 0.15) is 22.4 Å². The third-order valence-electron chi connectivity index (χ3n) is 5.06. The van der Waals surface area contributed by atoms with Crippen molar-refractivity contribution < 1.29 is 9.59 Å². The van der Waals surface area contributed by atoms with Gasteiger partial charge >= 0.3 is 0 Å². The number of carbonyl (C=O) groups excluding carboxylic acids is 2. The molecule has 0 aliphatic carbocycles. The standard InChI is InChI=1S/C23H27N3O2/c1-15-10-16(2)23(17(3)11-15)24-21(27)13-25(5)22(28)14-26-18(4)12-19-8-6-7-9-20(19)26/h6-12H,13-14H2,1-5H3,(H,24,27). The number of nitrogens with zero attached hydrogens (tertiary/aromatic N) is 2. The zero-order chi connectivity index (χ0) is 20.4. The Morgan fingerprint density at radius 3 is 2.32 bits per heavy atom. The van der Waals surface area contributed by atoms with Crippen molar-refractivity contribution in [2.45, 2.75) is 34.2 Å². The van der Waals surface area contributed by atoms with Gasteiger partial charge in [0.2, 0.25) is 11.8 Å². The molecule has 1 aromatic heterocycles. The molecule has 3 rings (SSSR count). The van der Waals surface area contributed by atoms with Gasteiger partial charge in [-0.25, -0.2) is 0 Å². The molecule has 0 aliphatic rings. The van der Waals surface area contributed by atoms with Crippen molar-refractivity contribution in [3.8, 4) is 0 Å². The Balaban J connectivity index is 1.67. The van der Waals surface area contributed by atoms with Crippen molar-refractivity contribution in [2.75, 3.05) is 18.9 Å². The second-order valence-electron chi connectivity index (χ2n) is 7.50. The highest BCUT2D eigenvalue weighted by atomic mass is 16.2. The molecule has 0 bridgehead atoms. The van der Waals surface area contributed by atoms with E-state index in [0.29, 0.717) is 0 Å². The number of anilines is 1. The Kier molecular flexibility index (Phi) is 5.54. The van der Waals surface area contributed by atoms with Crippen LogP contribution in [0, 0.1) is 27.7 Å². The number of aryl methyl sites for hydroxylation is 4. The van der Waals surface area contributed by atoms with Gasteiger partial charge in [0.15, 0.2) is 0 Å². The van der Waals surface area contributed by atoms with Gasteiger partial charge in [-0.05, 0) is 56.3 Å². The first-order chi connectivity index (χ1) is 13.3. The summed E-state index contributed by atoms with van der Waals surface area (Å²) < 4.78 is 1.99. The summed E-state index contributed by atoms with van der Waals surface area (Å²) in [6.07, 6.45) is 0. The van der Waals surface area contributed by atoms with E-state index in [4.69, 9.17) is 0 Å². The van der Waals surface area contributed by atoms with Crippen molar-refractivity contribution in [3.63, 3.8) is 0 Å². The van der Waals surface area contributed by atoms with Crippen molar-refractivity contribution >= 4 is 28.4 Å². The number of rotatable bonds is 5. The molecule has 3 aromatic rings. The Bertz CT molecular complexity index is 1030. The Morgan fingerprint density at radius 1 is 1.00 bits per heavy atom. The number of hydrogen-bond acceptors (Lipinski definition) is 2. The number of benzene rings is 2. The molecule has 0 unspecified atom stereocenters. The predicted molar refractivity (Wildman–Crippen MR) is 114 cm³/mol. The lowest BCUT2D eigenvalue weighted by Gasteiger charge is -2.19. The monoisotopic (exact) mass is 377 g/mol. The fraction of sp³-hybridized carbons (Fsp3) is 0.304. The lowest BCUT2D eigenvalue weighted by Crippen LogP contribution is -2.37. The smallest absolute Gasteiger partial charge is 0.243 e. The summed E-state index contributed by atoms with van der Waals surface area (Å²) in [5.41, 5.74) is 6.08. The van der Waals surface area contributed by atoms with Gasteiger partial charge in [0, 0.05) is 23.9 Å². The van der Waals surface area contributed by atoms with Crippen LogP contribution in [0.15, 0.2) is 42.5 Å². The minimum atomic E-state index is -0.194. The summed E-state index contributed by atoms with van der Waals surface area (Å²) in [6, 6.07) is 14.1. The number of carbonyl (C=O) groups is 2. The van der Waals surface area contributed by atoms with Gasteiger partial charge < -0.3 is 14.8 Å². The molecule has 0 fully saturated rings. The van der Waals surface area contributed by atoms with E-state index < -0.39 is 0 Å². The maximum atomic E-state index is 12.7. The first-order valence-electron chi connectivity index (χ1n) is 9.43. The molecular formula is C23H27N3O2. The Labute approximate surface area is 166 Å². The highest BCUT2D eigenvalue weighted by Gasteiger charge is 2.17. The van der Waals surface area contributed by atoms with Crippen LogP contribution < -0.4 is 5.32 Å². The van der Waals surface area contributed by atoms with Crippen LogP contribution in [0.4, 0.5) is 5.69 Å². The normalized spacial score (nSPS) is 10.9. The van der Waals surface area contributed by atoms with E-state index in [1.165, 1.54) is 4.90 Å². The van der Waals surface area contributed by atoms with Crippen molar-refractivity contribution in [3.05, 3.63) is 64.8 Å². The van der Waals surface area contributed by atoms with E-state index in [-0.39, 0.29) is 24.9 Å². The van der Waals surface area contributed by atoms with Gasteiger partial charge in [0.1, 0.15) is 6.54 Å². The van der Waals surface area contributed by atoms with Crippen molar-refractivity contribution in [1.82, 2.24) is 9.47 Å². The van der Waals surface area contributed by atoms with Crippen LogP contribution in [0.25, 0.3) is 10.9 Å². The van der Waals surface area contributed by atoms with Crippen LogP contribution in [0.3, 0.4) is 0 Å². The molecule has 0 saturated heterocycles. The van der Waals surface area contributed by atoms with Crippen molar-refractivity contribution in [2.24, 2.45) is 0 Å². The number of nitrogens with one attached hydrogen (secondary N) is 1. The summed E-state index contributed by atoms with van der Waals surface area (Å²) >= 11 is 0. The van der Waals surface area contributed by atoms with Gasteiger partial charge in [-0.3, -0.25) is 9.59 Å². The second kappa shape index (κ2) is 7.89. The molecule has 1 heterocycles.